The van der Waals surface area contributed by atoms with Crippen molar-refractivity contribution in [1.29, 1.82) is 0 Å². The number of hydrogen-bond acceptors (Lipinski definition) is 2. The van der Waals surface area contributed by atoms with Crippen LogP contribution in [0.2, 0.25) is 5.15 Å². The number of rotatable bonds is 4. The molecule has 0 atom stereocenters. The second-order valence-electron chi connectivity index (χ2n) is 3.85. The van der Waals surface area contributed by atoms with Crippen molar-refractivity contribution in [1.82, 2.24) is 14.1 Å². The van der Waals surface area contributed by atoms with Crippen LogP contribution < -0.4 is 5.69 Å². The summed E-state index contributed by atoms with van der Waals surface area (Å²) in [5.74, 6) is 0. The van der Waals surface area contributed by atoms with Crippen molar-refractivity contribution < 1.29 is 0 Å². The van der Waals surface area contributed by atoms with Gasteiger partial charge in [-0.3, -0.25) is 9.13 Å². The molecule has 0 saturated carbocycles. The van der Waals surface area contributed by atoms with Gasteiger partial charge in [0.25, 0.3) is 0 Å². The van der Waals surface area contributed by atoms with E-state index < -0.39 is 0 Å². The summed E-state index contributed by atoms with van der Waals surface area (Å²) in [6.45, 7) is 3.24. The minimum Gasteiger partial charge on any atom is -0.299 e. The maximum absolute atomic E-state index is 11.9. The van der Waals surface area contributed by atoms with E-state index in [0.29, 0.717) is 11.7 Å². The quantitative estimate of drug-likeness (QED) is 0.782. The summed E-state index contributed by atoms with van der Waals surface area (Å²) in [7, 11) is 0. The smallest absolute Gasteiger partial charge is 0.299 e. The van der Waals surface area contributed by atoms with Crippen molar-refractivity contribution in [3.8, 4) is 0 Å². The Balaban J connectivity index is 2.22. The lowest BCUT2D eigenvalue weighted by Gasteiger charge is -2.01. The minimum atomic E-state index is -0.00590. The monoisotopic (exact) mass is 251 g/mol. The highest BCUT2D eigenvalue weighted by Gasteiger charge is 2.04. The third-order valence-electron chi connectivity index (χ3n) is 2.49. The zero-order valence-corrected chi connectivity index (χ0v) is 10.4. The van der Waals surface area contributed by atoms with Crippen molar-refractivity contribution in [2.75, 3.05) is 0 Å². The molecule has 0 bridgehead atoms. The summed E-state index contributed by atoms with van der Waals surface area (Å²) in [5.41, 5.74) is 0.780. The average Bonchev–Trinajstić information content (AvgIpc) is 2.62. The summed E-state index contributed by atoms with van der Waals surface area (Å²) < 4.78 is 3.33. The average molecular weight is 252 g/mol. The van der Waals surface area contributed by atoms with E-state index in [2.05, 4.69) is 4.98 Å². The molecular weight excluding hydrogens is 238 g/mol. The normalized spacial score (nSPS) is 10.7. The number of imidazole rings is 1. The topological polar surface area (TPSA) is 39.8 Å². The van der Waals surface area contributed by atoms with Crippen LogP contribution in [0, 0.1) is 0 Å². The zero-order chi connectivity index (χ0) is 12.3. The Morgan fingerprint density at radius 2 is 2.06 bits per heavy atom. The SMILES string of the molecule is CCCn1ccn(Cc2cccc(Cl)n2)c1=O. The van der Waals surface area contributed by atoms with Gasteiger partial charge in [0.05, 0.1) is 12.2 Å². The second-order valence-corrected chi connectivity index (χ2v) is 4.24. The molecule has 0 aliphatic heterocycles. The fourth-order valence-corrected chi connectivity index (χ4v) is 1.88. The molecular formula is C12H14ClN3O. The van der Waals surface area contributed by atoms with Crippen LogP contribution >= 0.6 is 11.6 Å². The standard InChI is InChI=1S/C12H14ClN3O/c1-2-6-15-7-8-16(12(15)17)9-10-4-3-5-11(13)14-10/h3-5,7-8H,2,6,9H2,1H3. The van der Waals surface area contributed by atoms with Gasteiger partial charge in [0, 0.05) is 18.9 Å². The number of aromatic nitrogens is 3. The number of aryl methyl sites for hydroxylation is 1. The van der Waals surface area contributed by atoms with E-state index in [9.17, 15) is 4.79 Å². The largest absolute Gasteiger partial charge is 0.328 e. The lowest BCUT2D eigenvalue weighted by atomic mass is 10.3. The van der Waals surface area contributed by atoms with Crippen molar-refractivity contribution in [2.24, 2.45) is 0 Å². The van der Waals surface area contributed by atoms with Crippen LogP contribution in [0.25, 0.3) is 0 Å². The summed E-state index contributed by atoms with van der Waals surface area (Å²) in [4.78, 5) is 16.1. The first-order chi connectivity index (χ1) is 8.20. The molecule has 0 aliphatic rings. The van der Waals surface area contributed by atoms with Gasteiger partial charge in [-0.25, -0.2) is 9.78 Å². The molecule has 2 heterocycles. The van der Waals surface area contributed by atoms with Gasteiger partial charge in [-0.15, -0.1) is 0 Å². The third kappa shape index (κ3) is 2.77. The summed E-state index contributed by atoms with van der Waals surface area (Å²) >= 11 is 5.80. The molecule has 0 radical (unpaired) electrons. The first kappa shape index (κ1) is 11.9. The first-order valence-corrected chi connectivity index (χ1v) is 5.95. The Labute approximate surface area is 104 Å². The van der Waals surface area contributed by atoms with Gasteiger partial charge in [-0.2, -0.15) is 0 Å². The van der Waals surface area contributed by atoms with E-state index in [-0.39, 0.29) is 5.69 Å². The maximum Gasteiger partial charge on any atom is 0.328 e. The lowest BCUT2D eigenvalue weighted by molar-refractivity contribution is 0.621. The van der Waals surface area contributed by atoms with Gasteiger partial charge in [0.2, 0.25) is 0 Å². The van der Waals surface area contributed by atoms with Crippen LogP contribution in [-0.4, -0.2) is 14.1 Å². The molecule has 2 aromatic heterocycles. The molecule has 0 amide bonds. The highest BCUT2D eigenvalue weighted by atomic mass is 35.5. The van der Waals surface area contributed by atoms with Gasteiger partial charge >= 0.3 is 5.69 Å². The zero-order valence-electron chi connectivity index (χ0n) is 9.64. The molecule has 0 spiro atoms. The molecule has 0 aliphatic carbocycles. The van der Waals surface area contributed by atoms with Crippen LogP contribution in [0.4, 0.5) is 0 Å². The van der Waals surface area contributed by atoms with Crippen LogP contribution in [0.3, 0.4) is 0 Å². The Morgan fingerprint density at radius 1 is 1.29 bits per heavy atom. The van der Waals surface area contributed by atoms with E-state index in [1.54, 1.807) is 27.6 Å². The molecule has 0 fully saturated rings. The Hall–Kier alpha value is -1.55. The molecule has 2 aromatic rings. The second kappa shape index (κ2) is 5.19. The summed E-state index contributed by atoms with van der Waals surface area (Å²) in [5, 5.41) is 0.448. The molecule has 90 valence electrons. The van der Waals surface area contributed by atoms with Gasteiger partial charge in [0.1, 0.15) is 5.15 Å². The molecule has 4 nitrogen and oxygen atoms in total. The Bertz CT molecular complexity index is 559. The van der Waals surface area contributed by atoms with Crippen LogP contribution in [0.1, 0.15) is 19.0 Å². The van der Waals surface area contributed by atoms with Gasteiger partial charge < -0.3 is 0 Å². The Morgan fingerprint density at radius 3 is 2.76 bits per heavy atom. The van der Waals surface area contributed by atoms with Crippen molar-refractivity contribution >= 4 is 11.6 Å². The molecule has 0 N–H and O–H groups in total. The van der Waals surface area contributed by atoms with Crippen molar-refractivity contribution in [2.45, 2.75) is 26.4 Å². The maximum atomic E-state index is 11.9. The third-order valence-corrected chi connectivity index (χ3v) is 2.70. The predicted octanol–water partition coefficient (Wildman–Crippen LogP) is 2.16. The molecule has 17 heavy (non-hydrogen) atoms. The van der Waals surface area contributed by atoms with E-state index in [1.165, 1.54) is 0 Å². The van der Waals surface area contributed by atoms with E-state index in [0.717, 1.165) is 18.7 Å². The van der Waals surface area contributed by atoms with Gasteiger partial charge in [0.15, 0.2) is 0 Å². The van der Waals surface area contributed by atoms with Gasteiger partial charge in [-0.1, -0.05) is 24.6 Å². The summed E-state index contributed by atoms with van der Waals surface area (Å²) in [6.07, 6.45) is 4.52. The molecule has 0 saturated heterocycles. The van der Waals surface area contributed by atoms with Gasteiger partial charge in [-0.05, 0) is 18.6 Å². The molecule has 0 aromatic carbocycles. The summed E-state index contributed by atoms with van der Waals surface area (Å²) in [6, 6.07) is 5.41. The van der Waals surface area contributed by atoms with Crippen molar-refractivity contribution in [3.05, 3.63) is 51.9 Å². The lowest BCUT2D eigenvalue weighted by Crippen LogP contribution is -2.24. The van der Waals surface area contributed by atoms with E-state index in [4.69, 9.17) is 11.6 Å². The fourth-order valence-electron chi connectivity index (χ4n) is 1.70. The molecule has 2 rings (SSSR count). The fraction of sp³-hybridized carbons (Fsp3) is 0.333. The minimum absolute atomic E-state index is 0.00590. The van der Waals surface area contributed by atoms with Crippen LogP contribution in [-0.2, 0) is 13.1 Å². The first-order valence-electron chi connectivity index (χ1n) is 5.57. The van der Waals surface area contributed by atoms with Crippen LogP contribution in [0.5, 0.6) is 0 Å². The number of pyridine rings is 1. The Kier molecular flexibility index (Phi) is 3.64. The van der Waals surface area contributed by atoms with Crippen molar-refractivity contribution in [3.63, 3.8) is 0 Å². The number of halogens is 1. The number of nitrogens with zero attached hydrogens (tertiary/aromatic N) is 3. The van der Waals surface area contributed by atoms with E-state index >= 15 is 0 Å². The highest BCUT2D eigenvalue weighted by Crippen LogP contribution is 2.05. The molecule has 5 heteroatoms. The van der Waals surface area contributed by atoms with E-state index in [1.807, 2.05) is 19.1 Å². The predicted molar refractivity (Wildman–Crippen MR) is 67.3 cm³/mol. The van der Waals surface area contributed by atoms with Crippen LogP contribution in [0.15, 0.2) is 35.4 Å². The number of hydrogen-bond donors (Lipinski definition) is 0. The molecule has 0 unspecified atom stereocenters. The highest BCUT2D eigenvalue weighted by molar-refractivity contribution is 6.29.